The average Bonchev–Trinajstić information content (AvgIpc) is 2.59. The Morgan fingerprint density at radius 1 is 1.31 bits per heavy atom. The minimum Gasteiger partial charge on any atom is -0.291 e. The van der Waals surface area contributed by atoms with Crippen LogP contribution < -0.4 is 0 Å². The number of hydrogen-bond donors (Lipinski definition) is 0. The van der Waals surface area contributed by atoms with Gasteiger partial charge in [0.2, 0.25) is 5.78 Å². The van der Waals surface area contributed by atoms with E-state index in [0.717, 1.165) is 13.6 Å². The molecule has 0 saturated carbocycles. The van der Waals surface area contributed by atoms with Gasteiger partial charge in [0.1, 0.15) is 0 Å². The number of ketones is 1. The van der Waals surface area contributed by atoms with E-state index in [0.29, 0.717) is 10.3 Å². The van der Waals surface area contributed by atoms with Crippen molar-refractivity contribution < 1.29 is 4.79 Å². The Bertz CT molecular complexity index is 433. The van der Waals surface area contributed by atoms with Crippen molar-refractivity contribution in [2.24, 2.45) is 0 Å². The zero-order chi connectivity index (χ0) is 9.42. The summed E-state index contributed by atoms with van der Waals surface area (Å²) in [6, 6.07) is 0. The normalized spacial score (nSPS) is 10.9. The average molecular weight is 342 g/mol. The molecule has 2 aromatic heterocycles. The van der Waals surface area contributed by atoms with Gasteiger partial charge in [0, 0.05) is 0 Å². The number of Topliss-reactive ketones (excluding diaryl/α,β-unsaturated/α-hetero) is 1. The second-order valence-corrected chi connectivity index (χ2v) is 5.94. The minimum atomic E-state index is 0.00585. The highest BCUT2D eigenvalue weighted by atomic mass is 79.9. The zero-order valence-corrected chi connectivity index (χ0v) is 10.9. The zero-order valence-electron chi connectivity index (χ0n) is 6.08. The molecular formula is C6H2Br2N2OS2. The van der Waals surface area contributed by atoms with Crippen molar-refractivity contribution in [2.45, 2.75) is 0 Å². The molecule has 0 aliphatic heterocycles. The quantitative estimate of drug-likeness (QED) is 0.622. The third-order valence-corrected chi connectivity index (χ3v) is 4.34. The molecule has 0 aliphatic rings. The SMILES string of the molecule is O=C(CBr)c1nc2sc(Br)nc2s1. The molecule has 0 aliphatic carbocycles. The van der Waals surface area contributed by atoms with Crippen molar-refractivity contribution >= 4 is 70.0 Å². The summed E-state index contributed by atoms with van der Waals surface area (Å²) in [4.78, 5) is 21.2. The van der Waals surface area contributed by atoms with Crippen LogP contribution in [0.25, 0.3) is 9.66 Å². The van der Waals surface area contributed by atoms with E-state index in [2.05, 4.69) is 41.8 Å². The van der Waals surface area contributed by atoms with Gasteiger partial charge in [-0.25, -0.2) is 9.97 Å². The van der Waals surface area contributed by atoms with E-state index in [1.54, 1.807) is 0 Å². The fraction of sp³-hybridized carbons (Fsp3) is 0.167. The number of alkyl halides is 1. The number of aromatic nitrogens is 2. The second-order valence-electron chi connectivity index (χ2n) is 2.15. The van der Waals surface area contributed by atoms with Crippen LogP contribution in [0.4, 0.5) is 0 Å². The first-order valence-electron chi connectivity index (χ1n) is 3.22. The van der Waals surface area contributed by atoms with Gasteiger partial charge in [-0.15, -0.1) is 0 Å². The molecular weight excluding hydrogens is 340 g/mol. The molecule has 2 aromatic rings. The number of thiazole rings is 2. The summed E-state index contributed by atoms with van der Waals surface area (Å²) in [7, 11) is 0. The Morgan fingerprint density at radius 3 is 2.62 bits per heavy atom. The van der Waals surface area contributed by atoms with Crippen molar-refractivity contribution in [3.8, 4) is 0 Å². The highest BCUT2D eigenvalue weighted by Crippen LogP contribution is 2.30. The van der Waals surface area contributed by atoms with Crippen LogP contribution in [0.15, 0.2) is 3.92 Å². The van der Waals surface area contributed by atoms with Crippen LogP contribution in [0, 0.1) is 0 Å². The van der Waals surface area contributed by atoms with Crippen molar-refractivity contribution in [1.29, 1.82) is 0 Å². The summed E-state index contributed by atoms with van der Waals surface area (Å²) >= 11 is 9.13. The van der Waals surface area contributed by atoms with Crippen LogP contribution >= 0.6 is 54.5 Å². The molecule has 0 spiro atoms. The molecule has 2 heterocycles. The van der Waals surface area contributed by atoms with E-state index in [4.69, 9.17) is 0 Å². The molecule has 68 valence electrons. The molecule has 0 amide bonds. The fourth-order valence-corrected chi connectivity index (χ4v) is 3.71. The van der Waals surface area contributed by atoms with E-state index in [-0.39, 0.29) is 5.78 Å². The number of carbonyl (C=O) groups is 1. The number of hydrogen-bond acceptors (Lipinski definition) is 5. The number of rotatable bonds is 2. The second kappa shape index (κ2) is 3.72. The van der Waals surface area contributed by atoms with E-state index in [1.165, 1.54) is 22.7 Å². The summed E-state index contributed by atoms with van der Waals surface area (Å²) < 4.78 is 0.805. The van der Waals surface area contributed by atoms with Gasteiger partial charge in [0.25, 0.3) is 0 Å². The molecule has 0 saturated heterocycles. The summed E-state index contributed by atoms with van der Waals surface area (Å²) in [6.07, 6.45) is 0. The molecule has 0 N–H and O–H groups in total. The highest BCUT2D eigenvalue weighted by Gasteiger charge is 2.13. The maximum Gasteiger partial charge on any atom is 0.201 e. The van der Waals surface area contributed by atoms with Gasteiger partial charge in [-0.05, 0) is 15.9 Å². The predicted octanol–water partition coefficient (Wildman–Crippen LogP) is 3.09. The maximum atomic E-state index is 11.2. The summed E-state index contributed by atoms with van der Waals surface area (Å²) in [5, 5.41) is 0.840. The van der Waals surface area contributed by atoms with Crippen molar-refractivity contribution in [2.75, 3.05) is 5.33 Å². The van der Waals surface area contributed by atoms with Crippen LogP contribution in [0.1, 0.15) is 9.80 Å². The van der Waals surface area contributed by atoms with Gasteiger partial charge >= 0.3 is 0 Å². The number of carbonyl (C=O) groups excluding carboxylic acids is 1. The van der Waals surface area contributed by atoms with Crippen molar-refractivity contribution in [3.63, 3.8) is 0 Å². The first-order chi connectivity index (χ1) is 6.20. The summed E-state index contributed by atoms with van der Waals surface area (Å²) in [5.41, 5.74) is 0. The van der Waals surface area contributed by atoms with Gasteiger partial charge in [-0.2, -0.15) is 0 Å². The van der Waals surface area contributed by atoms with Gasteiger partial charge < -0.3 is 0 Å². The third-order valence-electron chi connectivity index (χ3n) is 1.31. The number of halogens is 2. The summed E-state index contributed by atoms with van der Waals surface area (Å²) in [6.45, 7) is 0. The minimum absolute atomic E-state index is 0.00585. The molecule has 0 atom stereocenters. The number of fused-ring (bicyclic) bond motifs is 1. The Balaban J connectivity index is 2.51. The predicted molar refractivity (Wildman–Crippen MR) is 61.1 cm³/mol. The van der Waals surface area contributed by atoms with Gasteiger partial charge in [0.15, 0.2) is 18.6 Å². The molecule has 0 fully saturated rings. The van der Waals surface area contributed by atoms with Crippen LogP contribution in [0.3, 0.4) is 0 Å². The van der Waals surface area contributed by atoms with Crippen molar-refractivity contribution in [1.82, 2.24) is 9.97 Å². The lowest BCUT2D eigenvalue weighted by molar-refractivity contribution is 0.102. The Labute approximate surface area is 98.5 Å². The molecule has 13 heavy (non-hydrogen) atoms. The van der Waals surface area contributed by atoms with Crippen molar-refractivity contribution in [3.05, 3.63) is 8.92 Å². The Kier molecular flexibility index (Phi) is 2.77. The van der Waals surface area contributed by atoms with Gasteiger partial charge in [-0.1, -0.05) is 38.6 Å². The van der Waals surface area contributed by atoms with E-state index in [1.807, 2.05) is 0 Å². The van der Waals surface area contributed by atoms with E-state index in [9.17, 15) is 4.79 Å². The lowest BCUT2D eigenvalue weighted by Gasteiger charge is -1.84. The van der Waals surface area contributed by atoms with Crippen LogP contribution in [-0.4, -0.2) is 21.1 Å². The summed E-state index contributed by atoms with van der Waals surface area (Å²) in [5.74, 6) is 0.00585. The molecule has 3 nitrogen and oxygen atoms in total. The Morgan fingerprint density at radius 2 is 2.00 bits per heavy atom. The molecule has 2 rings (SSSR count). The first-order valence-corrected chi connectivity index (χ1v) is 6.77. The van der Waals surface area contributed by atoms with Gasteiger partial charge in [-0.3, -0.25) is 4.79 Å². The molecule has 0 aromatic carbocycles. The molecule has 0 bridgehead atoms. The molecule has 7 heteroatoms. The van der Waals surface area contributed by atoms with Crippen LogP contribution in [0.5, 0.6) is 0 Å². The number of nitrogens with zero attached hydrogens (tertiary/aromatic N) is 2. The largest absolute Gasteiger partial charge is 0.291 e. The highest BCUT2D eigenvalue weighted by molar-refractivity contribution is 9.11. The lowest BCUT2D eigenvalue weighted by Crippen LogP contribution is -1.97. The van der Waals surface area contributed by atoms with E-state index >= 15 is 0 Å². The Hall–Kier alpha value is 0.150. The lowest BCUT2D eigenvalue weighted by atomic mass is 10.5. The molecule has 0 radical (unpaired) electrons. The molecule has 0 unspecified atom stereocenters. The third kappa shape index (κ3) is 1.83. The van der Waals surface area contributed by atoms with Crippen LogP contribution in [-0.2, 0) is 0 Å². The van der Waals surface area contributed by atoms with Crippen LogP contribution in [0.2, 0.25) is 0 Å². The maximum absolute atomic E-state index is 11.2. The topological polar surface area (TPSA) is 42.9 Å². The standard InChI is InChI=1S/C6H2Br2N2OS2/c7-1-2(11)3-9-4-5(12-3)10-6(8)13-4/h1H2. The fourth-order valence-electron chi connectivity index (χ4n) is 0.794. The van der Waals surface area contributed by atoms with Gasteiger partial charge in [0.05, 0.1) is 5.33 Å². The van der Waals surface area contributed by atoms with E-state index < -0.39 is 0 Å². The first kappa shape index (κ1) is 9.70. The monoisotopic (exact) mass is 340 g/mol. The smallest absolute Gasteiger partial charge is 0.201 e.